The zero-order valence-electron chi connectivity index (χ0n) is 9.35. The number of aromatic nitrogens is 2. The molecule has 0 spiro atoms. The molecule has 7 heteroatoms. The standard InChI is InChI=1S/C9H14N4O2S/c1-6(2)10-9(14)11-7-4-8(16-3)12-13(15)5-7/h4-6H,1-3H3,(H2,10,11,14). The van der Waals surface area contributed by atoms with Gasteiger partial charge in [0.05, 0.1) is 0 Å². The molecule has 1 aromatic rings. The smallest absolute Gasteiger partial charge is 0.319 e. The van der Waals surface area contributed by atoms with Gasteiger partial charge >= 0.3 is 6.03 Å². The lowest BCUT2D eigenvalue weighted by Crippen LogP contribution is -2.36. The van der Waals surface area contributed by atoms with E-state index in [0.717, 1.165) is 0 Å². The Bertz CT molecular complexity index is 384. The Kier molecular flexibility index (Phi) is 4.36. The van der Waals surface area contributed by atoms with Crippen molar-refractivity contribution in [2.24, 2.45) is 0 Å². The van der Waals surface area contributed by atoms with Crippen molar-refractivity contribution in [3.05, 3.63) is 17.5 Å². The molecule has 0 saturated heterocycles. The Balaban J connectivity index is 2.73. The minimum Gasteiger partial charge on any atom is -0.594 e. The fraction of sp³-hybridized carbons (Fsp3) is 0.444. The van der Waals surface area contributed by atoms with E-state index in [2.05, 4.69) is 15.7 Å². The maximum absolute atomic E-state index is 11.4. The summed E-state index contributed by atoms with van der Waals surface area (Å²) >= 11 is 1.33. The van der Waals surface area contributed by atoms with Crippen LogP contribution >= 0.6 is 11.8 Å². The second-order valence-corrected chi connectivity index (χ2v) is 4.25. The zero-order valence-corrected chi connectivity index (χ0v) is 10.2. The number of rotatable bonds is 3. The fourth-order valence-corrected chi connectivity index (χ4v) is 1.45. The maximum atomic E-state index is 11.4. The number of nitrogens with one attached hydrogen (secondary N) is 2. The van der Waals surface area contributed by atoms with Crippen LogP contribution in [0.3, 0.4) is 0 Å². The Labute approximate surface area is 98.0 Å². The summed E-state index contributed by atoms with van der Waals surface area (Å²) in [5.41, 5.74) is 0.424. The molecule has 0 aliphatic heterocycles. The van der Waals surface area contributed by atoms with E-state index in [1.807, 2.05) is 13.8 Å². The number of anilines is 1. The van der Waals surface area contributed by atoms with Crippen molar-refractivity contribution in [1.29, 1.82) is 0 Å². The molecule has 0 aliphatic carbocycles. The van der Waals surface area contributed by atoms with Crippen LogP contribution in [0, 0.1) is 5.21 Å². The third kappa shape index (κ3) is 3.93. The lowest BCUT2D eigenvalue weighted by molar-refractivity contribution is -0.672. The van der Waals surface area contributed by atoms with Gasteiger partial charge in [-0.3, -0.25) is 0 Å². The van der Waals surface area contributed by atoms with Gasteiger partial charge in [-0.25, -0.2) is 4.79 Å². The van der Waals surface area contributed by atoms with E-state index in [-0.39, 0.29) is 12.1 Å². The Morgan fingerprint density at radius 1 is 1.62 bits per heavy atom. The van der Waals surface area contributed by atoms with Crippen molar-refractivity contribution in [2.45, 2.75) is 24.9 Å². The molecule has 0 unspecified atom stereocenters. The molecule has 0 bridgehead atoms. The van der Waals surface area contributed by atoms with Crippen molar-refractivity contribution in [3.63, 3.8) is 0 Å². The van der Waals surface area contributed by atoms with Gasteiger partial charge in [-0.2, -0.15) is 0 Å². The maximum Gasteiger partial charge on any atom is 0.319 e. The van der Waals surface area contributed by atoms with E-state index < -0.39 is 0 Å². The molecule has 88 valence electrons. The molecule has 0 aromatic carbocycles. The second-order valence-electron chi connectivity index (χ2n) is 3.43. The molecule has 2 amide bonds. The van der Waals surface area contributed by atoms with E-state index in [0.29, 0.717) is 15.6 Å². The number of nitrogens with zero attached hydrogens (tertiary/aromatic N) is 2. The molecule has 6 nitrogen and oxygen atoms in total. The molecule has 2 N–H and O–H groups in total. The first-order valence-electron chi connectivity index (χ1n) is 4.74. The summed E-state index contributed by atoms with van der Waals surface area (Å²) in [7, 11) is 0. The Morgan fingerprint density at radius 2 is 2.31 bits per heavy atom. The summed E-state index contributed by atoms with van der Waals surface area (Å²) in [6, 6.07) is 1.34. The molecule has 0 saturated carbocycles. The summed E-state index contributed by atoms with van der Waals surface area (Å²) in [6.45, 7) is 3.71. The molecular formula is C9H14N4O2S. The van der Waals surface area contributed by atoms with Crippen LogP contribution in [0.5, 0.6) is 0 Å². The van der Waals surface area contributed by atoms with Crippen LogP contribution in [0.15, 0.2) is 17.3 Å². The molecule has 1 heterocycles. The number of carbonyl (C=O) groups excluding carboxylic acids is 1. The molecule has 0 fully saturated rings. The molecule has 1 aromatic heterocycles. The van der Waals surface area contributed by atoms with Crippen molar-refractivity contribution < 1.29 is 9.64 Å². The van der Waals surface area contributed by atoms with Gasteiger partial charge in [0.15, 0.2) is 5.03 Å². The zero-order chi connectivity index (χ0) is 12.1. The first-order chi connectivity index (χ1) is 7.51. The van der Waals surface area contributed by atoms with Gasteiger partial charge in [0.1, 0.15) is 5.69 Å². The third-order valence-corrected chi connectivity index (χ3v) is 2.23. The Hall–Kier alpha value is -1.50. The first kappa shape index (κ1) is 12.6. The highest BCUT2D eigenvalue weighted by Gasteiger charge is 2.08. The van der Waals surface area contributed by atoms with Crippen molar-refractivity contribution in [3.8, 4) is 0 Å². The quantitative estimate of drug-likeness (QED) is 0.470. The van der Waals surface area contributed by atoms with E-state index >= 15 is 0 Å². The largest absolute Gasteiger partial charge is 0.594 e. The number of thioether (sulfide) groups is 1. The Morgan fingerprint density at radius 3 is 2.88 bits per heavy atom. The number of amides is 2. The minimum atomic E-state index is -0.340. The van der Waals surface area contributed by atoms with E-state index in [4.69, 9.17) is 0 Å². The van der Waals surface area contributed by atoms with Gasteiger partial charge in [0.25, 0.3) is 0 Å². The van der Waals surface area contributed by atoms with Gasteiger partial charge in [-0.15, -0.1) is 11.8 Å². The van der Waals surface area contributed by atoms with Crippen LogP contribution in [0.2, 0.25) is 0 Å². The minimum absolute atomic E-state index is 0.0428. The number of urea groups is 1. The predicted octanol–water partition coefficient (Wildman–Crippen LogP) is 0.967. The van der Waals surface area contributed by atoms with Crippen LogP contribution in [0.1, 0.15) is 13.8 Å². The average molecular weight is 242 g/mol. The predicted molar refractivity (Wildman–Crippen MR) is 62.3 cm³/mol. The molecule has 0 atom stereocenters. The first-order valence-corrected chi connectivity index (χ1v) is 5.97. The molecule has 16 heavy (non-hydrogen) atoms. The van der Waals surface area contributed by atoms with Crippen LogP contribution in [0.25, 0.3) is 0 Å². The van der Waals surface area contributed by atoms with Crippen LogP contribution in [0.4, 0.5) is 10.5 Å². The van der Waals surface area contributed by atoms with Crippen molar-refractivity contribution in [1.82, 2.24) is 10.4 Å². The highest BCUT2D eigenvalue weighted by Crippen LogP contribution is 2.13. The molecule has 0 radical (unpaired) electrons. The third-order valence-electron chi connectivity index (χ3n) is 1.61. The second kappa shape index (κ2) is 5.55. The monoisotopic (exact) mass is 242 g/mol. The highest BCUT2D eigenvalue weighted by atomic mass is 32.2. The summed E-state index contributed by atoms with van der Waals surface area (Å²) in [6.07, 6.45) is 3.01. The van der Waals surface area contributed by atoms with Crippen LogP contribution in [-0.2, 0) is 0 Å². The van der Waals surface area contributed by atoms with Gasteiger partial charge < -0.3 is 15.8 Å². The topological polar surface area (TPSA) is 81.0 Å². The van der Waals surface area contributed by atoms with Crippen molar-refractivity contribution in [2.75, 3.05) is 11.6 Å². The molecule has 0 aliphatic rings. The summed E-state index contributed by atoms with van der Waals surface area (Å²) in [5, 5.41) is 20.5. The number of hydrogen-bond acceptors (Lipinski definition) is 4. The summed E-state index contributed by atoms with van der Waals surface area (Å²) in [5.74, 6) is 0. The lowest BCUT2D eigenvalue weighted by atomic mass is 10.4. The summed E-state index contributed by atoms with van der Waals surface area (Å²) < 4.78 is 0. The normalized spacial score (nSPS) is 10.2. The van der Waals surface area contributed by atoms with E-state index in [1.165, 1.54) is 18.0 Å². The fourth-order valence-electron chi connectivity index (χ4n) is 1.04. The molecule has 1 rings (SSSR count). The van der Waals surface area contributed by atoms with Crippen LogP contribution < -0.4 is 15.5 Å². The van der Waals surface area contributed by atoms with Crippen molar-refractivity contribution >= 4 is 23.5 Å². The van der Waals surface area contributed by atoms with E-state index in [1.54, 1.807) is 12.3 Å². The van der Waals surface area contributed by atoms with Gasteiger partial charge in [-0.1, -0.05) is 4.85 Å². The highest BCUT2D eigenvalue weighted by molar-refractivity contribution is 7.98. The number of hydrogen-bond donors (Lipinski definition) is 2. The number of carbonyl (C=O) groups is 1. The van der Waals surface area contributed by atoms with Gasteiger partial charge in [0.2, 0.25) is 6.20 Å². The van der Waals surface area contributed by atoms with Gasteiger partial charge in [0, 0.05) is 17.2 Å². The SMILES string of the molecule is CSc1cc(NC(=O)NC(C)C)c[n+]([O-])n1. The van der Waals surface area contributed by atoms with E-state index in [9.17, 15) is 10.0 Å². The lowest BCUT2D eigenvalue weighted by Gasteiger charge is -2.09. The average Bonchev–Trinajstić information content (AvgIpc) is 2.14. The molecular weight excluding hydrogens is 228 g/mol. The van der Waals surface area contributed by atoms with Gasteiger partial charge in [-0.05, 0) is 20.1 Å². The van der Waals surface area contributed by atoms with Crippen LogP contribution in [-0.4, -0.2) is 23.4 Å². The summed E-state index contributed by atoms with van der Waals surface area (Å²) in [4.78, 5) is 11.8.